The molecule has 0 bridgehead atoms. The van der Waals surface area contributed by atoms with Crippen LogP contribution in [0.15, 0.2) is 51.8 Å². The van der Waals surface area contributed by atoms with Crippen molar-refractivity contribution in [3.8, 4) is 0 Å². The molecule has 2 aromatic rings. The van der Waals surface area contributed by atoms with Crippen LogP contribution in [0.5, 0.6) is 0 Å². The van der Waals surface area contributed by atoms with Crippen LogP contribution in [0.1, 0.15) is 18.9 Å². The summed E-state index contributed by atoms with van der Waals surface area (Å²) in [6.45, 7) is 2.02. The third-order valence-corrected chi connectivity index (χ3v) is 5.47. The van der Waals surface area contributed by atoms with Crippen molar-refractivity contribution in [2.75, 3.05) is 11.9 Å². The van der Waals surface area contributed by atoms with E-state index in [4.69, 9.17) is 0 Å². The normalized spacial score (nSPS) is 11.3. The maximum absolute atomic E-state index is 13.7. The monoisotopic (exact) mass is 428 g/mol. The van der Waals surface area contributed by atoms with E-state index in [2.05, 4.69) is 26.0 Å². The number of aryl methyl sites for hydroxylation is 1. The van der Waals surface area contributed by atoms with Gasteiger partial charge in [0.2, 0.25) is 15.9 Å². The van der Waals surface area contributed by atoms with Crippen molar-refractivity contribution in [3.05, 3.63) is 58.3 Å². The molecule has 8 heteroatoms. The van der Waals surface area contributed by atoms with Crippen molar-refractivity contribution in [2.24, 2.45) is 0 Å². The molecule has 0 aliphatic carbocycles. The SMILES string of the molecule is CCNS(=O)(=O)c1ccc(CCC(=O)Nc2ccc(Br)cc2F)cc1. The maximum Gasteiger partial charge on any atom is 0.240 e. The highest BCUT2D eigenvalue weighted by Gasteiger charge is 2.12. The summed E-state index contributed by atoms with van der Waals surface area (Å²) < 4.78 is 40.4. The molecule has 0 saturated heterocycles. The number of carbonyl (C=O) groups excluding carboxylic acids is 1. The number of benzene rings is 2. The average Bonchev–Trinajstić information content (AvgIpc) is 2.56. The fourth-order valence-electron chi connectivity index (χ4n) is 2.17. The van der Waals surface area contributed by atoms with Gasteiger partial charge in [-0.25, -0.2) is 17.5 Å². The van der Waals surface area contributed by atoms with Crippen LogP contribution in [0.2, 0.25) is 0 Å². The van der Waals surface area contributed by atoms with Gasteiger partial charge in [0.25, 0.3) is 0 Å². The highest BCUT2D eigenvalue weighted by Crippen LogP contribution is 2.19. The second-order valence-electron chi connectivity index (χ2n) is 5.32. The van der Waals surface area contributed by atoms with Crippen LogP contribution >= 0.6 is 15.9 Å². The van der Waals surface area contributed by atoms with Gasteiger partial charge in [0.05, 0.1) is 10.6 Å². The van der Waals surface area contributed by atoms with E-state index in [9.17, 15) is 17.6 Å². The average molecular weight is 429 g/mol. The molecule has 0 heterocycles. The number of hydrogen-bond donors (Lipinski definition) is 2. The van der Waals surface area contributed by atoms with Crippen LogP contribution in [-0.2, 0) is 21.2 Å². The molecule has 5 nitrogen and oxygen atoms in total. The minimum absolute atomic E-state index is 0.125. The Balaban J connectivity index is 1.93. The van der Waals surface area contributed by atoms with Gasteiger partial charge in [-0.15, -0.1) is 0 Å². The molecule has 2 rings (SSSR count). The van der Waals surface area contributed by atoms with Crippen LogP contribution < -0.4 is 10.0 Å². The van der Waals surface area contributed by atoms with Crippen LogP contribution in [0.3, 0.4) is 0 Å². The number of anilines is 1. The van der Waals surface area contributed by atoms with Crippen LogP contribution in [0.25, 0.3) is 0 Å². The fraction of sp³-hybridized carbons (Fsp3) is 0.235. The molecule has 0 atom stereocenters. The first-order valence-electron chi connectivity index (χ1n) is 7.65. The molecular formula is C17H18BrFN2O3S. The van der Waals surface area contributed by atoms with E-state index < -0.39 is 15.8 Å². The van der Waals surface area contributed by atoms with Gasteiger partial charge in [0, 0.05) is 17.4 Å². The smallest absolute Gasteiger partial charge is 0.240 e. The largest absolute Gasteiger partial charge is 0.324 e. The summed E-state index contributed by atoms with van der Waals surface area (Å²) in [6, 6.07) is 10.7. The highest BCUT2D eigenvalue weighted by molar-refractivity contribution is 9.10. The fourth-order valence-corrected chi connectivity index (χ4v) is 3.54. The highest BCUT2D eigenvalue weighted by atomic mass is 79.9. The third kappa shape index (κ3) is 5.62. The van der Waals surface area contributed by atoms with Crippen molar-refractivity contribution < 1.29 is 17.6 Å². The van der Waals surface area contributed by atoms with Crippen LogP contribution in [-0.4, -0.2) is 20.9 Å². The van der Waals surface area contributed by atoms with Crippen molar-refractivity contribution >= 4 is 37.5 Å². The molecule has 2 N–H and O–H groups in total. The van der Waals surface area contributed by atoms with E-state index in [0.29, 0.717) is 17.4 Å². The molecule has 0 aliphatic rings. The van der Waals surface area contributed by atoms with Gasteiger partial charge in [-0.2, -0.15) is 0 Å². The third-order valence-electron chi connectivity index (χ3n) is 3.41. The first-order valence-corrected chi connectivity index (χ1v) is 9.93. The molecular weight excluding hydrogens is 411 g/mol. The quantitative estimate of drug-likeness (QED) is 0.708. The zero-order valence-electron chi connectivity index (χ0n) is 13.6. The molecule has 0 spiro atoms. The Morgan fingerprint density at radius 2 is 1.84 bits per heavy atom. The predicted octanol–water partition coefficient (Wildman–Crippen LogP) is 3.46. The second-order valence-corrected chi connectivity index (χ2v) is 8.00. The number of rotatable bonds is 7. The Morgan fingerprint density at radius 3 is 2.44 bits per heavy atom. The van der Waals surface area contributed by atoms with E-state index in [-0.39, 0.29) is 22.9 Å². The molecule has 1 amide bonds. The van der Waals surface area contributed by atoms with Gasteiger partial charge < -0.3 is 5.32 Å². The van der Waals surface area contributed by atoms with E-state index in [0.717, 1.165) is 5.56 Å². The summed E-state index contributed by atoms with van der Waals surface area (Å²) in [5.41, 5.74) is 0.946. The summed E-state index contributed by atoms with van der Waals surface area (Å²) in [7, 11) is -3.48. The number of hydrogen-bond acceptors (Lipinski definition) is 3. The first-order chi connectivity index (χ1) is 11.8. The van der Waals surface area contributed by atoms with Crippen LogP contribution in [0, 0.1) is 5.82 Å². The van der Waals surface area contributed by atoms with E-state index in [1.807, 2.05) is 0 Å². The molecule has 0 aromatic heterocycles. The topological polar surface area (TPSA) is 75.3 Å². The molecule has 0 unspecified atom stereocenters. The van der Waals surface area contributed by atoms with Gasteiger partial charge in [0.1, 0.15) is 5.82 Å². The molecule has 0 aliphatic heterocycles. The number of halogens is 2. The maximum atomic E-state index is 13.7. The first kappa shape index (κ1) is 19.6. The summed E-state index contributed by atoms with van der Waals surface area (Å²) >= 11 is 3.15. The Hall–Kier alpha value is -1.77. The van der Waals surface area contributed by atoms with Crippen molar-refractivity contribution in [1.29, 1.82) is 0 Å². The lowest BCUT2D eigenvalue weighted by atomic mass is 10.1. The summed E-state index contributed by atoms with van der Waals surface area (Å²) in [4.78, 5) is 12.1. The van der Waals surface area contributed by atoms with Gasteiger partial charge in [-0.05, 0) is 42.3 Å². The Morgan fingerprint density at radius 1 is 1.16 bits per heavy atom. The molecule has 25 heavy (non-hydrogen) atoms. The lowest BCUT2D eigenvalue weighted by Gasteiger charge is -2.08. The van der Waals surface area contributed by atoms with E-state index in [1.54, 1.807) is 25.1 Å². The zero-order valence-corrected chi connectivity index (χ0v) is 16.0. The van der Waals surface area contributed by atoms with Gasteiger partial charge >= 0.3 is 0 Å². The van der Waals surface area contributed by atoms with Crippen LogP contribution in [0.4, 0.5) is 10.1 Å². The van der Waals surface area contributed by atoms with E-state index >= 15 is 0 Å². The van der Waals surface area contributed by atoms with Gasteiger partial charge in [-0.1, -0.05) is 35.0 Å². The minimum Gasteiger partial charge on any atom is -0.324 e. The van der Waals surface area contributed by atoms with Crippen molar-refractivity contribution in [3.63, 3.8) is 0 Å². The molecule has 0 fully saturated rings. The molecule has 2 aromatic carbocycles. The van der Waals surface area contributed by atoms with E-state index in [1.165, 1.54) is 24.3 Å². The molecule has 0 radical (unpaired) electrons. The van der Waals surface area contributed by atoms with Gasteiger partial charge in [0.15, 0.2) is 0 Å². The Bertz CT molecular complexity index is 855. The van der Waals surface area contributed by atoms with Crippen molar-refractivity contribution in [1.82, 2.24) is 4.72 Å². The zero-order chi connectivity index (χ0) is 18.4. The Labute approximate surface area is 154 Å². The standard InChI is InChI=1S/C17H18BrFN2O3S/c1-2-20-25(23,24)14-7-3-12(4-8-14)5-10-17(22)21-16-9-6-13(18)11-15(16)19/h3-4,6-9,11,20H,2,5,10H2,1H3,(H,21,22). The second kappa shape index (κ2) is 8.55. The lowest BCUT2D eigenvalue weighted by Crippen LogP contribution is -2.23. The number of carbonyl (C=O) groups is 1. The number of sulfonamides is 1. The summed E-state index contributed by atoms with van der Waals surface area (Å²) in [5.74, 6) is -0.828. The molecule has 134 valence electrons. The summed E-state index contributed by atoms with van der Waals surface area (Å²) in [5, 5.41) is 2.52. The lowest BCUT2D eigenvalue weighted by molar-refractivity contribution is -0.116. The predicted molar refractivity (Wildman–Crippen MR) is 98.4 cm³/mol. The number of nitrogens with one attached hydrogen (secondary N) is 2. The van der Waals surface area contributed by atoms with Gasteiger partial charge in [-0.3, -0.25) is 4.79 Å². The van der Waals surface area contributed by atoms with Crippen molar-refractivity contribution in [2.45, 2.75) is 24.7 Å². The summed E-state index contributed by atoms with van der Waals surface area (Å²) in [6.07, 6.45) is 0.584. The Kier molecular flexibility index (Phi) is 6.69. The minimum atomic E-state index is -3.48. The number of amides is 1. The molecule has 0 saturated carbocycles.